The fourth-order valence-electron chi connectivity index (χ4n) is 5.17. The van der Waals surface area contributed by atoms with Gasteiger partial charge in [-0.05, 0) is 48.7 Å². The van der Waals surface area contributed by atoms with E-state index >= 15 is 0 Å². The second-order valence-electron chi connectivity index (χ2n) is 10.5. The quantitative estimate of drug-likeness (QED) is 0.144. The molecule has 12 heteroatoms. The molecule has 0 saturated carbocycles. The molecule has 230 valence electrons. The summed E-state index contributed by atoms with van der Waals surface area (Å²) in [6.07, 6.45) is -5.08. The number of hydrogen-bond acceptors (Lipinski definition) is 7. The van der Waals surface area contributed by atoms with E-state index in [1.807, 2.05) is 31.9 Å². The van der Waals surface area contributed by atoms with E-state index < -0.39 is 32.0 Å². The fraction of sp³-hybridized carbons (Fsp3) is 0.452. The number of nitrogens with zero attached hydrogens (tertiary/aromatic N) is 2. The van der Waals surface area contributed by atoms with Crippen LogP contribution in [0.4, 0.5) is 28.9 Å². The van der Waals surface area contributed by atoms with E-state index in [4.69, 9.17) is 10.00 Å². The Labute approximate surface area is 253 Å². The zero-order valence-corrected chi connectivity index (χ0v) is 26.1. The maximum Gasteiger partial charge on any atom is 0.393 e. The Balaban J connectivity index is 1.61. The van der Waals surface area contributed by atoms with Crippen molar-refractivity contribution in [2.75, 3.05) is 56.2 Å². The van der Waals surface area contributed by atoms with Crippen molar-refractivity contribution in [1.82, 2.24) is 4.90 Å². The number of ether oxygens (including phenoxy) is 1. The van der Waals surface area contributed by atoms with Gasteiger partial charge < -0.3 is 24.8 Å². The highest BCUT2D eigenvalue weighted by molar-refractivity contribution is 7.71. The van der Waals surface area contributed by atoms with E-state index in [-0.39, 0.29) is 18.7 Å². The maximum atomic E-state index is 14.7. The number of thiophene rings is 1. The van der Waals surface area contributed by atoms with Crippen LogP contribution in [0.3, 0.4) is 0 Å². The van der Waals surface area contributed by atoms with Crippen LogP contribution in [0.1, 0.15) is 30.7 Å². The lowest BCUT2D eigenvalue weighted by Crippen LogP contribution is -2.46. The highest BCUT2D eigenvalue weighted by Crippen LogP contribution is 2.45. The number of nitrogens with one attached hydrogen (secondary N) is 2. The summed E-state index contributed by atoms with van der Waals surface area (Å²) < 4.78 is 75.0. The van der Waals surface area contributed by atoms with E-state index in [0.29, 0.717) is 62.7 Å². The van der Waals surface area contributed by atoms with Gasteiger partial charge in [0.05, 0.1) is 40.0 Å². The molecule has 0 spiro atoms. The van der Waals surface area contributed by atoms with Gasteiger partial charge in [0, 0.05) is 30.7 Å². The number of likely N-dealkylation sites (tertiary alicyclic amines) is 1. The van der Waals surface area contributed by atoms with Gasteiger partial charge in [0.1, 0.15) is 25.1 Å². The van der Waals surface area contributed by atoms with E-state index in [2.05, 4.69) is 22.5 Å². The van der Waals surface area contributed by atoms with Crippen LogP contribution in [0.2, 0.25) is 0 Å². The van der Waals surface area contributed by atoms with Crippen molar-refractivity contribution < 1.29 is 26.9 Å². The number of alkyl halides is 4. The monoisotopic (exact) mass is 634 g/mol. The molecule has 1 unspecified atom stereocenters. The first-order chi connectivity index (χ1) is 20.5. The summed E-state index contributed by atoms with van der Waals surface area (Å²) in [7, 11) is -0.722. The summed E-state index contributed by atoms with van der Waals surface area (Å²) in [4.78, 5) is 2.21. The van der Waals surface area contributed by atoms with Crippen molar-refractivity contribution in [3.63, 3.8) is 0 Å². The second-order valence-corrected chi connectivity index (χ2v) is 15.1. The molecule has 0 bridgehead atoms. The predicted octanol–water partition coefficient (Wildman–Crippen LogP) is 6.85. The number of nitriles is 1. The highest BCUT2D eigenvalue weighted by atomic mass is 32.1. The van der Waals surface area contributed by atoms with Crippen LogP contribution in [0.25, 0.3) is 10.1 Å². The average Bonchev–Trinajstić information content (AvgIpc) is 3.31. The summed E-state index contributed by atoms with van der Waals surface area (Å²) in [5, 5.41) is 16.5. The van der Waals surface area contributed by atoms with E-state index in [9.17, 15) is 22.1 Å². The normalized spacial score (nSPS) is 17.6. The molecule has 2 aromatic carbocycles. The number of fused-ring (bicyclic) bond motifs is 1. The molecule has 1 aliphatic heterocycles. The molecule has 2 N–H and O–H groups in total. The third kappa shape index (κ3) is 8.03. The second kappa shape index (κ2) is 14.0. The van der Waals surface area contributed by atoms with Crippen LogP contribution in [-0.2, 0) is 11.0 Å². The lowest BCUT2D eigenvalue weighted by Gasteiger charge is -2.33. The van der Waals surface area contributed by atoms with Crippen LogP contribution >= 0.6 is 18.5 Å². The number of rotatable bonds is 10. The Morgan fingerprint density at radius 2 is 1.95 bits per heavy atom. The molecule has 2 heterocycles. The molecule has 3 aromatic rings. The molecule has 2 atom stereocenters. The number of anilines is 2. The van der Waals surface area contributed by atoms with Crippen molar-refractivity contribution in [2.45, 2.75) is 45.1 Å². The Bertz CT molecular complexity index is 1580. The molecule has 6 nitrogen and oxygen atoms in total. The molecule has 1 fully saturated rings. The number of hydrogen-bond donors (Lipinski definition) is 2. The molecule has 1 saturated heterocycles. The first-order valence-electron chi connectivity index (χ1n) is 14.1. The van der Waals surface area contributed by atoms with Crippen LogP contribution < -0.4 is 20.7 Å². The van der Waals surface area contributed by atoms with E-state index in [1.54, 1.807) is 36.4 Å². The molecule has 0 radical (unpaired) electrons. The van der Waals surface area contributed by atoms with Crippen molar-refractivity contribution in [2.24, 2.45) is 0 Å². The van der Waals surface area contributed by atoms with Crippen LogP contribution in [-0.4, -0.2) is 68.9 Å². The standard InChI is InChI=1S/C31H35F4N4O2PS/c1-4-42(40,5-2)21-11-12-26(28(18-21)41-17-14-36)37-15-7-10-29-23(19-31(33,34)35)22-8-6-9-27(30(22)43-29)38-25-13-16-39(3)20-24(25)32/h6,8-9,11-12,18,24-25,37-38H,4-5,13,15-17,19-20H2,1-3H3/t24-,25?/m1/s1. The van der Waals surface area contributed by atoms with Crippen LogP contribution in [0.5, 0.6) is 5.75 Å². The van der Waals surface area contributed by atoms with Crippen LogP contribution in [0.15, 0.2) is 36.4 Å². The zero-order valence-electron chi connectivity index (χ0n) is 24.4. The average molecular weight is 635 g/mol. The molecular formula is C31H35F4N4O2PS. The summed E-state index contributed by atoms with van der Waals surface area (Å²) in [6.45, 7) is 4.65. The number of halogens is 4. The van der Waals surface area contributed by atoms with Gasteiger partial charge in [-0.2, -0.15) is 18.4 Å². The largest absolute Gasteiger partial charge is 0.477 e. The molecule has 4 rings (SSSR count). The Hall–Kier alpha value is -3.24. The third-order valence-corrected chi connectivity index (χ3v) is 12.1. The summed E-state index contributed by atoms with van der Waals surface area (Å²) in [5.41, 5.74) is 1.23. The molecule has 0 amide bonds. The lowest BCUT2D eigenvalue weighted by atomic mass is 10.0. The van der Waals surface area contributed by atoms with Gasteiger partial charge in [0.25, 0.3) is 0 Å². The van der Waals surface area contributed by atoms with Crippen LogP contribution in [0, 0.1) is 23.2 Å². The van der Waals surface area contributed by atoms with Gasteiger partial charge in [0.15, 0.2) is 6.61 Å². The van der Waals surface area contributed by atoms with Crippen molar-refractivity contribution in [3.8, 4) is 23.7 Å². The maximum absolute atomic E-state index is 14.7. The summed E-state index contributed by atoms with van der Waals surface area (Å²) in [5.74, 6) is 6.20. The van der Waals surface area contributed by atoms with E-state index in [1.165, 1.54) is 0 Å². The topological polar surface area (TPSA) is 77.4 Å². The zero-order chi connectivity index (χ0) is 31.2. The Morgan fingerprint density at radius 1 is 1.19 bits per heavy atom. The van der Waals surface area contributed by atoms with Crippen molar-refractivity contribution >= 4 is 45.2 Å². The van der Waals surface area contributed by atoms with Gasteiger partial charge in [-0.3, -0.25) is 0 Å². The minimum Gasteiger partial charge on any atom is -0.477 e. The minimum absolute atomic E-state index is 0.0887. The lowest BCUT2D eigenvalue weighted by molar-refractivity contribution is -0.126. The molecule has 43 heavy (non-hydrogen) atoms. The third-order valence-electron chi connectivity index (χ3n) is 7.60. The molecule has 0 aliphatic carbocycles. The van der Waals surface area contributed by atoms with E-state index in [0.717, 1.165) is 17.9 Å². The van der Waals surface area contributed by atoms with Crippen molar-refractivity contribution in [3.05, 3.63) is 46.8 Å². The Kier molecular flexibility index (Phi) is 10.7. The first kappa shape index (κ1) is 32.7. The molecule has 1 aliphatic rings. The fourth-order valence-corrected chi connectivity index (χ4v) is 8.22. The highest BCUT2D eigenvalue weighted by Gasteiger charge is 2.32. The number of benzene rings is 2. The molecular weight excluding hydrogens is 599 g/mol. The summed E-state index contributed by atoms with van der Waals surface area (Å²) >= 11 is 1.16. The smallest absolute Gasteiger partial charge is 0.393 e. The summed E-state index contributed by atoms with van der Waals surface area (Å²) in [6, 6.07) is 11.7. The number of piperidine rings is 1. The van der Waals surface area contributed by atoms with Gasteiger partial charge in [-0.1, -0.05) is 37.8 Å². The first-order valence-corrected chi connectivity index (χ1v) is 17.0. The molecule has 1 aromatic heterocycles. The Morgan fingerprint density at radius 3 is 2.63 bits per heavy atom. The van der Waals surface area contributed by atoms with Crippen molar-refractivity contribution in [1.29, 1.82) is 5.26 Å². The van der Waals surface area contributed by atoms with Gasteiger partial charge in [-0.25, -0.2) is 4.39 Å². The minimum atomic E-state index is -4.44. The van der Waals surface area contributed by atoms with Gasteiger partial charge in [0.2, 0.25) is 0 Å². The van der Waals surface area contributed by atoms with Gasteiger partial charge in [-0.15, -0.1) is 11.3 Å². The van der Waals surface area contributed by atoms with Gasteiger partial charge >= 0.3 is 6.18 Å². The predicted molar refractivity (Wildman–Crippen MR) is 167 cm³/mol. The SMILES string of the molecule is CCP(=O)(CC)c1ccc(NCC#Cc2sc3c(NC4CCN(C)C[C@H]4F)cccc3c2CC(F)(F)F)c(OCC#N)c1.